The molecule has 1 heterocycles. The van der Waals surface area contributed by atoms with Crippen LogP contribution in [-0.4, -0.2) is 24.6 Å². The Hall–Kier alpha value is -0.540. The van der Waals surface area contributed by atoms with Gasteiger partial charge in [0.05, 0.1) is 6.61 Å². The van der Waals surface area contributed by atoms with Gasteiger partial charge in [-0.3, -0.25) is 0 Å². The van der Waals surface area contributed by atoms with Crippen LogP contribution in [0.4, 0.5) is 0 Å². The first kappa shape index (κ1) is 11.9. The summed E-state index contributed by atoms with van der Waals surface area (Å²) in [5, 5.41) is 1.00. The Morgan fingerprint density at radius 3 is 2.75 bits per heavy atom. The Bertz CT molecular complexity index is 304. The molecule has 2 nitrogen and oxygen atoms in total. The lowest BCUT2D eigenvalue weighted by molar-refractivity contribution is 0.00742. The highest BCUT2D eigenvalue weighted by Gasteiger charge is 2.14. The van der Waals surface area contributed by atoms with Gasteiger partial charge in [-0.1, -0.05) is 28.1 Å². The molecule has 0 saturated carbocycles. The van der Waals surface area contributed by atoms with Crippen molar-refractivity contribution in [3.8, 4) is 5.75 Å². The normalized spacial score (nSPS) is 20.7. The fraction of sp³-hybridized carbons (Fsp3) is 0.538. The van der Waals surface area contributed by atoms with Crippen LogP contribution in [0.15, 0.2) is 24.3 Å². The summed E-state index contributed by atoms with van der Waals surface area (Å²) in [6.45, 7) is 1.60. The van der Waals surface area contributed by atoms with Gasteiger partial charge in [0.1, 0.15) is 11.9 Å². The zero-order valence-electron chi connectivity index (χ0n) is 9.32. The molecule has 1 aromatic carbocycles. The Morgan fingerprint density at radius 2 is 2.12 bits per heavy atom. The monoisotopic (exact) mass is 284 g/mol. The number of rotatable bonds is 4. The Kier molecular flexibility index (Phi) is 4.67. The second-order valence-electron chi connectivity index (χ2n) is 4.04. The predicted octanol–water partition coefficient (Wildman–Crippen LogP) is 3.18. The number of alkyl halides is 1. The van der Waals surface area contributed by atoms with E-state index in [1.807, 2.05) is 12.1 Å². The third-order valence-electron chi connectivity index (χ3n) is 2.73. The van der Waals surface area contributed by atoms with Crippen molar-refractivity contribution in [2.45, 2.75) is 25.4 Å². The van der Waals surface area contributed by atoms with E-state index in [4.69, 9.17) is 9.47 Å². The van der Waals surface area contributed by atoms with Crippen molar-refractivity contribution < 1.29 is 9.47 Å². The van der Waals surface area contributed by atoms with Crippen LogP contribution in [0.25, 0.3) is 0 Å². The summed E-state index contributed by atoms with van der Waals surface area (Å²) in [6, 6.07) is 8.35. The van der Waals surface area contributed by atoms with Crippen molar-refractivity contribution in [3.63, 3.8) is 0 Å². The molecular formula is C13H17BrO2. The van der Waals surface area contributed by atoms with Crippen molar-refractivity contribution in [1.29, 1.82) is 0 Å². The van der Waals surface area contributed by atoms with Crippen LogP contribution in [0.1, 0.15) is 18.4 Å². The molecule has 1 unspecified atom stereocenters. The third-order valence-corrected chi connectivity index (χ3v) is 3.12. The lowest BCUT2D eigenvalue weighted by Gasteiger charge is -2.23. The van der Waals surface area contributed by atoms with Crippen LogP contribution in [0.5, 0.6) is 5.75 Å². The lowest BCUT2D eigenvalue weighted by Crippen LogP contribution is -2.27. The molecular weight excluding hydrogens is 268 g/mol. The fourth-order valence-corrected chi connectivity index (χ4v) is 2.30. The Labute approximate surface area is 105 Å². The van der Waals surface area contributed by atoms with Crippen molar-refractivity contribution in [2.24, 2.45) is 0 Å². The molecule has 0 aliphatic carbocycles. The zero-order valence-corrected chi connectivity index (χ0v) is 10.9. The second kappa shape index (κ2) is 6.26. The third kappa shape index (κ3) is 3.49. The van der Waals surface area contributed by atoms with E-state index in [-0.39, 0.29) is 6.10 Å². The fourth-order valence-electron chi connectivity index (χ4n) is 1.84. The van der Waals surface area contributed by atoms with Gasteiger partial charge in [-0.05, 0) is 37.0 Å². The molecule has 3 heteroatoms. The highest BCUT2D eigenvalue weighted by atomic mass is 79.9. The molecule has 0 spiro atoms. The Balaban J connectivity index is 1.88. The second-order valence-corrected chi connectivity index (χ2v) is 4.83. The Morgan fingerprint density at radius 1 is 1.31 bits per heavy atom. The summed E-state index contributed by atoms with van der Waals surface area (Å²) >= 11 is 3.44. The van der Waals surface area contributed by atoms with Gasteiger partial charge in [-0.2, -0.15) is 0 Å². The van der Waals surface area contributed by atoms with E-state index in [1.54, 1.807) is 0 Å². The summed E-state index contributed by atoms with van der Waals surface area (Å²) in [5.41, 5.74) is 1.34. The van der Waals surface area contributed by atoms with Gasteiger partial charge < -0.3 is 9.47 Å². The van der Waals surface area contributed by atoms with E-state index in [2.05, 4.69) is 28.1 Å². The summed E-state index contributed by atoms with van der Waals surface area (Å²) in [4.78, 5) is 0. The minimum atomic E-state index is 0.232. The van der Waals surface area contributed by atoms with Gasteiger partial charge in [0, 0.05) is 11.9 Å². The molecule has 1 fully saturated rings. The predicted molar refractivity (Wildman–Crippen MR) is 68.4 cm³/mol. The molecule has 88 valence electrons. The van der Waals surface area contributed by atoms with Crippen LogP contribution in [-0.2, 0) is 11.2 Å². The summed E-state index contributed by atoms with van der Waals surface area (Å²) in [6.07, 6.45) is 3.50. The van der Waals surface area contributed by atoms with Crippen molar-refractivity contribution >= 4 is 15.9 Å². The number of ether oxygens (including phenoxy) is 2. The van der Waals surface area contributed by atoms with E-state index in [9.17, 15) is 0 Å². The maximum Gasteiger partial charge on any atom is 0.122 e. The first-order valence-electron chi connectivity index (χ1n) is 5.78. The van der Waals surface area contributed by atoms with Gasteiger partial charge in [0.2, 0.25) is 0 Å². The van der Waals surface area contributed by atoms with Crippen LogP contribution in [0.3, 0.4) is 0 Å². The summed E-state index contributed by atoms with van der Waals surface area (Å²) in [7, 11) is 0. The van der Waals surface area contributed by atoms with Gasteiger partial charge in [0.25, 0.3) is 0 Å². The van der Waals surface area contributed by atoms with Gasteiger partial charge in [0.15, 0.2) is 0 Å². The minimum Gasteiger partial charge on any atom is -0.488 e. The number of hydrogen-bond acceptors (Lipinski definition) is 2. The molecule has 1 aromatic rings. The van der Waals surface area contributed by atoms with E-state index in [0.717, 1.165) is 43.6 Å². The highest BCUT2D eigenvalue weighted by Crippen LogP contribution is 2.18. The van der Waals surface area contributed by atoms with Crippen molar-refractivity contribution in [3.05, 3.63) is 29.8 Å². The average Bonchev–Trinajstić information content (AvgIpc) is 2.33. The first-order valence-corrected chi connectivity index (χ1v) is 6.90. The van der Waals surface area contributed by atoms with Crippen LogP contribution < -0.4 is 4.74 Å². The van der Waals surface area contributed by atoms with E-state index >= 15 is 0 Å². The molecule has 1 atom stereocenters. The molecule has 1 saturated heterocycles. The lowest BCUT2D eigenvalue weighted by atomic mass is 10.1. The SMILES string of the molecule is BrCCc1ccc(OC2CCCOC2)cc1. The molecule has 0 radical (unpaired) electrons. The quantitative estimate of drug-likeness (QED) is 0.791. The smallest absolute Gasteiger partial charge is 0.122 e. The number of benzene rings is 1. The molecule has 0 amide bonds. The van der Waals surface area contributed by atoms with Crippen molar-refractivity contribution in [1.82, 2.24) is 0 Å². The standard InChI is InChI=1S/C13H17BrO2/c14-8-7-11-3-5-12(6-4-11)16-13-2-1-9-15-10-13/h3-6,13H,1-2,7-10H2. The zero-order chi connectivity index (χ0) is 11.2. The average molecular weight is 285 g/mol. The molecule has 2 rings (SSSR count). The maximum atomic E-state index is 5.85. The highest BCUT2D eigenvalue weighted by molar-refractivity contribution is 9.09. The van der Waals surface area contributed by atoms with Gasteiger partial charge in [-0.15, -0.1) is 0 Å². The van der Waals surface area contributed by atoms with Crippen LogP contribution >= 0.6 is 15.9 Å². The molecule has 0 aromatic heterocycles. The van der Waals surface area contributed by atoms with Gasteiger partial charge in [-0.25, -0.2) is 0 Å². The number of halogens is 1. The van der Waals surface area contributed by atoms with E-state index < -0.39 is 0 Å². The topological polar surface area (TPSA) is 18.5 Å². The summed E-state index contributed by atoms with van der Waals surface area (Å²) < 4.78 is 11.2. The number of hydrogen-bond donors (Lipinski definition) is 0. The molecule has 0 bridgehead atoms. The maximum absolute atomic E-state index is 5.85. The minimum absolute atomic E-state index is 0.232. The van der Waals surface area contributed by atoms with Gasteiger partial charge >= 0.3 is 0 Å². The van der Waals surface area contributed by atoms with Crippen molar-refractivity contribution in [2.75, 3.05) is 18.5 Å². The van der Waals surface area contributed by atoms with E-state index in [0.29, 0.717) is 0 Å². The number of aryl methyl sites for hydroxylation is 1. The molecule has 0 N–H and O–H groups in total. The van der Waals surface area contributed by atoms with Crippen LogP contribution in [0.2, 0.25) is 0 Å². The first-order chi connectivity index (χ1) is 7.88. The molecule has 1 aliphatic rings. The van der Waals surface area contributed by atoms with Crippen LogP contribution in [0, 0.1) is 0 Å². The molecule has 16 heavy (non-hydrogen) atoms. The largest absolute Gasteiger partial charge is 0.488 e. The summed E-state index contributed by atoms with van der Waals surface area (Å²) in [5.74, 6) is 0.953. The van der Waals surface area contributed by atoms with E-state index in [1.165, 1.54) is 5.56 Å². The molecule has 1 aliphatic heterocycles.